The van der Waals surface area contributed by atoms with Gasteiger partial charge in [-0.05, 0) is 0 Å². The van der Waals surface area contributed by atoms with Gasteiger partial charge in [0.25, 0.3) is 0 Å². The smallest absolute Gasteiger partial charge is 0.221 e. The zero-order chi connectivity index (χ0) is 9.95. The highest BCUT2D eigenvalue weighted by molar-refractivity contribution is 9.10. The molecular weight excluding hydrogens is 262 g/mol. The Bertz CT molecular complexity index is 260. The van der Waals surface area contributed by atoms with Gasteiger partial charge in [-0.1, -0.05) is 15.9 Å². The van der Waals surface area contributed by atoms with Gasteiger partial charge >= 0.3 is 0 Å². The molecule has 0 bridgehead atoms. The number of halogens is 1. The maximum atomic E-state index is 11.0. The van der Waals surface area contributed by atoms with Crippen LogP contribution in [0.5, 0.6) is 0 Å². The second kappa shape index (κ2) is 4.22. The number of ether oxygens (including phenoxy) is 1. The molecule has 1 fully saturated rings. The Morgan fingerprint density at radius 3 is 2.77 bits per heavy atom. The van der Waals surface area contributed by atoms with E-state index in [-0.39, 0.29) is 17.8 Å². The van der Waals surface area contributed by atoms with Gasteiger partial charge in [0.1, 0.15) is 10.3 Å². The number of sulfonamides is 1. The highest BCUT2D eigenvalue weighted by atomic mass is 79.9. The van der Waals surface area contributed by atoms with Crippen LogP contribution in [-0.2, 0) is 14.8 Å². The minimum absolute atomic E-state index is 0.0148. The number of rotatable bonds is 4. The predicted molar refractivity (Wildman–Crippen MR) is 51.1 cm³/mol. The van der Waals surface area contributed by atoms with Crippen molar-refractivity contribution in [3.05, 3.63) is 0 Å². The molecule has 78 valence electrons. The highest BCUT2D eigenvalue weighted by Gasteiger charge is 2.33. The Balaban J connectivity index is 2.42. The summed E-state index contributed by atoms with van der Waals surface area (Å²) in [6, 6.07) is 0. The Hall–Kier alpha value is 0.310. The van der Waals surface area contributed by atoms with Crippen molar-refractivity contribution in [3.8, 4) is 0 Å². The molecule has 1 aliphatic heterocycles. The molecule has 7 heteroatoms. The predicted octanol–water partition coefficient (Wildman–Crippen LogP) is -0.590. The molecule has 0 aromatic carbocycles. The fourth-order valence-corrected chi connectivity index (χ4v) is 2.07. The summed E-state index contributed by atoms with van der Waals surface area (Å²) in [6.07, 6.45) is 0.470. The summed E-state index contributed by atoms with van der Waals surface area (Å²) in [6.45, 7) is 0.686. The van der Waals surface area contributed by atoms with Gasteiger partial charge in [0.15, 0.2) is 0 Å². The van der Waals surface area contributed by atoms with Crippen LogP contribution in [0.3, 0.4) is 0 Å². The molecule has 0 aliphatic carbocycles. The lowest BCUT2D eigenvalue weighted by molar-refractivity contribution is 0.0315. The van der Waals surface area contributed by atoms with E-state index in [1.165, 1.54) is 0 Å². The van der Waals surface area contributed by atoms with Crippen molar-refractivity contribution < 1.29 is 18.3 Å². The second-order valence-electron chi connectivity index (χ2n) is 3.07. The molecular formula is C6H12BrNO4S. The topological polar surface area (TPSA) is 75.6 Å². The molecule has 0 radical (unpaired) electrons. The van der Waals surface area contributed by atoms with Crippen LogP contribution < -0.4 is 4.72 Å². The molecule has 2 N–H and O–H groups in total. The molecule has 1 aliphatic rings. The van der Waals surface area contributed by atoms with E-state index in [2.05, 4.69) is 20.7 Å². The van der Waals surface area contributed by atoms with E-state index in [1.54, 1.807) is 0 Å². The number of nitrogens with one attached hydrogen (secondary N) is 1. The van der Waals surface area contributed by atoms with Gasteiger partial charge in [-0.3, -0.25) is 0 Å². The van der Waals surface area contributed by atoms with E-state index in [0.717, 1.165) is 0 Å². The summed E-state index contributed by atoms with van der Waals surface area (Å²) in [7, 11) is -3.29. The first kappa shape index (κ1) is 11.4. The van der Waals surface area contributed by atoms with Crippen LogP contribution in [0.15, 0.2) is 0 Å². The van der Waals surface area contributed by atoms with Gasteiger partial charge in [0.05, 0.1) is 6.61 Å². The first-order valence-electron chi connectivity index (χ1n) is 3.81. The SMILES string of the molecule is O=S(=O)(CBr)NCC1(O)CCOC1. The molecule has 0 aromatic rings. The lowest BCUT2D eigenvalue weighted by atomic mass is 10.1. The zero-order valence-electron chi connectivity index (χ0n) is 6.99. The van der Waals surface area contributed by atoms with E-state index in [4.69, 9.17) is 4.74 Å². The summed E-state index contributed by atoms with van der Waals surface area (Å²) < 4.78 is 29.1. The van der Waals surface area contributed by atoms with Gasteiger partial charge in [-0.25, -0.2) is 13.1 Å². The lowest BCUT2D eigenvalue weighted by Gasteiger charge is -2.19. The zero-order valence-corrected chi connectivity index (χ0v) is 9.40. The van der Waals surface area contributed by atoms with Gasteiger partial charge in [0, 0.05) is 19.6 Å². The van der Waals surface area contributed by atoms with Crippen LogP contribution in [-0.4, -0.2) is 43.5 Å². The number of hydrogen-bond donors (Lipinski definition) is 2. The summed E-state index contributed by atoms with van der Waals surface area (Å²) in [4.78, 5) is 0. The Labute approximate surface area is 85.6 Å². The quantitative estimate of drug-likeness (QED) is 0.672. The molecule has 0 saturated carbocycles. The van der Waals surface area contributed by atoms with Crippen LogP contribution in [0, 0.1) is 0 Å². The average molecular weight is 274 g/mol. The second-order valence-corrected chi connectivity index (χ2v) is 6.18. The Morgan fingerprint density at radius 2 is 2.31 bits per heavy atom. The van der Waals surface area contributed by atoms with Crippen molar-refractivity contribution >= 4 is 26.0 Å². The van der Waals surface area contributed by atoms with Gasteiger partial charge < -0.3 is 9.84 Å². The van der Waals surface area contributed by atoms with Crippen LogP contribution in [0.25, 0.3) is 0 Å². The summed E-state index contributed by atoms with van der Waals surface area (Å²) in [5.41, 5.74) is -1.03. The maximum absolute atomic E-state index is 11.0. The minimum atomic E-state index is -3.29. The number of alkyl halides is 1. The molecule has 0 amide bonds. The van der Waals surface area contributed by atoms with Crippen molar-refractivity contribution in [2.24, 2.45) is 0 Å². The molecule has 1 rings (SSSR count). The largest absolute Gasteiger partial charge is 0.386 e. The molecule has 1 saturated heterocycles. The van der Waals surface area contributed by atoms with Crippen LogP contribution in [0.1, 0.15) is 6.42 Å². The first-order valence-corrected chi connectivity index (χ1v) is 6.58. The first-order chi connectivity index (χ1) is 5.97. The molecule has 0 spiro atoms. The van der Waals surface area contributed by atoms with E-state index >= 15 is 0 Å². The molecule has 1 heterocycles. The maximum Gasteiger partial charge on any atom is 0.221 e. The normalized spacial score (nSPS) is 29.4. The van der Waals surface area contributed by atoms with Crippen molar-refractivity contribution in [3.63, 3.8) is 0 Å². The van der Waals surface area contributed by atoms with E-state index in [0.29, 0.717) is 13.0 Å². The molecule has 5 nitrogen and oxygen atoms in total. The molecule has 1 unspecified atom stereocenters. The summed E-state index contributed by atoms with van der Waals surface area (Å²) in [5, 5.41) is 9.68. The third kappa shape index (κ3) is 3.51. The molecule has 0 aromatic heterocycles. The van der Waals surface area contributed by atoms with E-state index in [9.17, 15) is 13.5 Å². The van der Waals surface area contributed by atoms with Crippen molar-refractivity contribution in [1.29, 1.82) is 0 Å². The summed E-state index contributed by atoms with van der Waals surface area (Å²) in [5.74, 6) is 0. The van der Waals surface area contributed by atoms with Crippen molar-refractivity contribution in [2.45, 2.75) is 12.0 Å². The average Bonchev–Trinajstić information content (AvgIpc) is 2.50. The fraction of sp³-hybridized carbons (Fsp3) is 1.00. The van der Waals surface area contributed by atoms with E-state index < -0.39 is 15.6 Å². The number of hydrogen-bond acceptors (Lipinski definition) is 4. The lowest BCUT2D eigenvalue weighted by Crippen LogP contribution is -2.43. The van der Waals surface area contributed by atoms with Crippen molar-refractivity contribution in [1.82, 2.24) is 4.72 Å². The van der Waals surface area contributed by atoms with Gasteiger partial charge in [-0.2, -0.15) is 0 Å². The van der Waals surface area contributed by atoms with Crippen molar-refractivity contribution in [2.75, 3.05) is 24.4 Å². The third-order valence-electron chi connectivity index (χ3n) is 1.85. The third-order valence-corrected chi connectivity index (χ3v) is 4.53. The summed E-state index contributed by atoms with van der Waals surface area (Å²) >= 11 is 2.83. The fourth-order valence-electron chi connectivity index (χ4n) is 1.02. The highest BCUT2D eigenvalue weighted by Crippen LogP contribution is 2.17. The van der Waals surface area contributed by atoms with E-state index in [1.807, 2.05) is 0 Å². The minimum Gasteiger partial charge on any atom is -0.386 e. The molecule has 1 atom stereocenters. The monoisotopic (exact) mass is 273 g/mol. The Kier molecular flexibility index (Phi) is 3.70. The standard InChI is InChI=1S/C6H12BrNO4S/c7-5-13(10,11)8-3-6(9)1-2-12-4-6/h8-9H,1-5H2. The number of aliphatic hydroxyl groups is 1. The Morgan fingerprint density at radius 1 is 1.62 bits per heavy atom. The van der Waals surface area contributed by atoms with Crippen LogP contribution >= 0.6 is 15.9 Å². The van der Waals surface area contributed by atoms with Gasteiger partial charge in [0.2, 0.25) is 10.0 Å². The van der Waals surface area contributed by atoms with Gasteiger partial charge in [-0.15, -0.1) is 0 Å². The molecule has 13 heavy (non-hydrogen) atoms. The van der Waals surface area contributed by atoms with Crippen LogP contribution in [0.4, 0.5) is 0 Å². The van der Waals surface area contributed by atoms with Crippen LogP contribution in [0.2, 0.25) is 0 Å².